The second kappa shape index (κ2) is 13.9. The van der Waals surface area contributed by atoms with E-state index in [-0.39, 0.29) is 10.8 Å². The minimum absolute atomic E-state index is 0.142. The standard InChI is InChI=1S/C32H54N2/c1-3-5-7-27-9-13-29(14-10-27)17-19-31(25-33)21-23-32(26-34,24-22-31)20-18-30-15-11-28(12-16-30)8-6-4-2/h27-30H,3-24H2,1-2H3/t27-,28-,29-,30-,31-,32-. The highest BCUT2D eigenvalue weighted by molar-refractivity contribution is 5.10. The number of nitrogens with zero attached hydrogens (tertiary/aromatic N) is 2. The van der Waals surface area contributed by atoms with Gasteiger partial charge in [-0.15, -0.1) is 0 Å². The lowest BCUT2D eigenvalue weighted by Crippen LogP contribution is -2.34. The first-order chi connectivity index (χ1) is 16.6. The maximum atomic E-state index is 10.1. The Balaban J connectivity index is 1.39. The summed E-state index contributed by atoms with van der Waals surface area (Å²) >= 11 is 0. The zero-order valence-corrected chi connectivity index (χ0v) is 22.8. The second-order valence-corrected chi connectivity index (χ2v) is 12.9. The van der Waals surface area contributed by atoms with Crippen molar-refractivity contribution in [2.75, 3.05) is 0 Å². The van der Waals surface area contributed by atoms with Crippen LogP contribution in [0.25, 0.3) is 0 Å². The molecule has 0 N–H and O–H groups in total. The van der Waals surface area contributed by atoms with Crippen LogP contribution in [0.5, 0.6) is 0 Å². The van der Waals surface area contributed by atoms with Crippen LogP contribution in [0.2, 0.25) is 0 Å². The summed E-state index contributed by atoms with van der Waals surface area (Å²) in [7, 11) is 0. The van der Waals surface area contributed by atoms with Gasteiger partial charge in [0, 0.05) is 0 Å². The topological polar surface area (TPSA) is 47.6 Å². The first kappa shape index (κ1) is 27.6. The molecule has 3 saturated carbocycles. The quantitative estimate of drug-likeness (QED) is 0.287. The molecular weight excluding hydrogens is 412 g/mol. The van der Waals surface area contributed by atoms with Crippen molar-refractivity contribution in [3.8, 4) is 12.1 Å². The molecule has 0 radical (unpaired) electrons. The Morgan fingerprint density at radius 1 is 0.529 bits per heavy atom. The highest BCUT2D eigenvalue weighted by Crippen LogP contribution is 2.51. The molecule has 0 aliphatic heterocycles. The third-order valence-corrected chi connectivity index (χ3v) is 10.6. The Kier molecular flexibility index (Phi) is 11.3. The van der Waals surface area contributed by atoms with E-state index in [9.17, 15) is 10.5 Å². The number of hydrogen-bond acceptors (Lipinski definition) is 2. The van der Waals surface area contributed by atoms with Gasteiger partial charge in [0.15, 0.2) is 0 Å². The molecule has 0 heterocycles. The van der Waals surface area contributed by atoms with Gasteiger partial charge in [0.2, 0.25) is 0 Å². The first-order valence-corrected chi connectivity index (χ1v) is 15.4. The number of hydrogen-bond donors (Lipinski definition) is 0. The summed E-state index contributed by atoms with van der Waals surface area (Å²) < 4.78 is 0. The Morgan fingerprint density at radius 3 is 1.09 bits per heavy atom. The molecule has 0 bridgehead atoms. The molecular formula is C32H54N2. The van der Waals surface area contributed by atoms with Gasteiger partial charge in [-0.05, 0) is 75.0 Å². The van der Waals surface area contributed by atoms with Crippen LogP contribution >= 0.6 is 0 Å². The monoisotopic (exact) mass is 466 g/mol. The van der Waals surface area contributed by atoms with Crippen molar-refractivity contribution in [1.82, 2.24) is 0 Å². The molecule has 192 valence electrons. The van der Waals surface area contributed by atoms with Crippen molar-refractivity contribution in [2.45, 2.75) is 155 Å². The van der Waals surface area contributed by atoms with E-state index in [0.29, 0.717) is 0 Å². The van der Waals surface area contributed by atoms with E-state index in [4.69, 9.17) is 0 Å². The maximum Gasteiger partial charge on any atom is 0.0689 e. The van der Waals surface area contributed by atoms with Gasteiger partial charge in [-0.1, -0.05) is 104 Å². The average molecular weight is 467 g/mol. The van der Waals surface area contributed by atoms with E-state index >= 15 is 0 Å². The molecule has 0 aromatic rings. The van der Waals surface area contributed by atoms with Crippen LogP contribution in [0, 0.1) is 57.2 Å². The maximum absolute atomic E-state index is 10.1. The molecule has 3 fully saturated rings. The summed E-state index contributed by atoms with van der Waals surface area (Å²) in [5.41, 5.74) is -0.284. The summed E-state index contributed by atoms with van der Waals surface area (Å²) in [6.45, 7) is 4.61. The van der Waals surface area contributed by atoms with Gasteiger partial charge in [-0.3, -0.25) is 0 Å². The van der Waals surface area contributed by atoms with E-state index in [1.165, 1.54) is 103 Å². The zero-order chi connectivity index (χ0) is 24.3. The lowest BCUT2D eigenvalue weighted by molar-refractivity contribution is 0.119. The van der Waals surface area contributed by atoms with E-state index < -0.39 is 0 Å². The molecule has 0 saturated heterocycles. The molecule has 0 unspecified atom stereocenters. The highest BCUT2D eigenvalue weighted by atomic mass is 14.5. The van der Waals surface area contributed by atoms with Crippen LogP contribution in [-0.4, -0.2) is 0 Å². The van der Waals surface area contributed by atoms with E-state index in [2.05, 4.69) is 26.0 Å². The van der Waals surface area contributed by atoms with Crippen LogP contribution in [0.15, 0.2) is 0 Å². The van der Waals surface area contributed by atoms with Crippen molar-refractivity contribution in [3.05, 3.63) is 0 Å². The number of rotatable bonds is 12. The SMILES string of the molecule is CCCC[C@H]1CC[C@H](CC[C@]2(C#N)CC[C@@](C#N)(CC[C@H]3CC[C@H](CCCC)CC3)CC2)CC1. The smallest absolute Gasteiger partial charge is 0.0689 e. The fourth-order valence-electron chi connectivity index (χ4n) is 7.61. The third-order valence-electron chi connectivity index (χ3n) is 10.6. The van der Waals surface area contributed by atoms with Gasteiger partial charge in [0.1, 0.15) is 0 Å². The molecule has 3 rings (SSSR count). The van der Waals surface area contributed by atoms with Crippen LogP contribution in [0.4, 0.5) is 0 Å². The second-order valence-electron chi connectivity index (χ2n) is 12.9. The normalized spacial score (nSPS) is 36.5. The number of nitriles is 2. The summed E-state index contributed by atoms with van der Waals surface area (Å²) in [5, 5.41) is 20.3. The molecule has 2 heteroatoms. The molecule has 3 aliphatic carbocycles. The van der Waals surface area contributed by atoms with Crippen molar-refractivity contribution in [3.63, 3.8) is 0 Å². The summed E-state index contributed by atoms with van der Waals surface area (Å²) in [6.07, 6.45) is 28.1. The minimum atomic E-state index is -0.142. The van der Waals surface area contributed by atoms with Crippen LogP contribution in [0.1, 0.15) is 155 Å². The largest absolute Gasteiger partial charge is 0.198 e. The van der Waals surface area contributed by atoms with E-state index in [1.54, 1.807) is 0 Å². The molecule has 34 heavy (non-hydrogen) atoms. The van der Waals surface area contributed by atoms with Crippen molar-refractivity contribution >= 4 is 0 Å². The van der Waals surface area contributed by atoms with Gasteiger partial charge in [0.05, 0.1) is 23.0 Å². The Bertz CT molecular complexity index is 585. The Labute approximate surface area is 212 Å². The predicted octanol–water partition coefficient (Wildman–Crippen LogP) is 10.1. The molecule has 0 aromatic heterocycles. The van der Waals surface area contributed by atoms with Gasteiger partial charge in [0.25, 0.3) is 0 Å². The summed E-state index contributed by atoms with van der Waals surface area (Å²) in [6, 6.07) is 5.55. The molecule has 0 spiro atoms. The van der Waals surface area contributed by atoms with Gasteiger partial charge in [-0.25, -0.2) is 0 Å². The molecule has 0 atom stereocenters. The minimum Gasteiger partial charge on any atom is -0.198 e. The Hall–Kier alpha value is -1.02. The summed E-state index contributed by atoms with van der Waals surface area (Å²) in [5.74, 6) is 3.63. The van der Waals surface area contributed by atoms with E-state index in [1.807, 2.05) is 0 Å². The Morgan fingerprint density at radius 2 is 0.824 bits per heavy atom. The first-order valence-electron chi connectivity index (χ1n) is 15.4. The lowest BCUT2D eigenvalue weighted by atomic mass is 9.60. The fraction of sp³-hybridized carbons (Fsp3) is 0.938. The molecule has 2 nitrogen and oxygen atoms in total. The van der Waals surface area contributed by atoms with Crippen molar-refractivity contribution in [1.29, 1.82) is 10.5 Å². The van der Waals surface area contributed by atoms with Gasteiger partial charge >= 0.3 is 0 Å². The average Bonchev–Trinajstić information content (AvgIpc) is 2.90. The van der Waals surface area contributed by atoms with Gasteiger partial charge in [-0.2, -0.15) is 10.5 Å². The molecule has 3 aliphatic rings. The summed E-state index contributed by atoms with van der Waals surface area (Å²) in [4.78, 5) is 0. The van der Waals surface area contributed by atoms with Crippen LogP contribution in [-0.2, 0) is 0 Å². The highest BCUT2D eigenvalue weighted by Gasteiger charge is 2.43. The van der Waals surface area contributed by atoms with Crippen LogP contribution in [0.3, 0.4) is 0 Å². The fourth-order valence-corrected chi connectivity index (χ4v) is 7.61. The lowest BCUT2D eigenvalue weighted by Gasteiger charge is -2.41. The molecule has 0 aromatic carbocycles. The molecule has 0 amide bonds. The van der Waals surface area contributed by atoms with E-state index in [0.717, 1.165) is 62.2 Å². The van der Waals surface area contributed by atoms with Crippen molar-refractivity contribution in [2.24, 2.45) is 34.5 Å². The third kappa shape index (κ3) is 8.00. The number of unbranched alkanes of at least 4 members (excludes halogenated alkanes) is 2. The van der Waals surface area contributed by atoms with Crippen molar-refractivity contribution < 1.29 is 0 Å². The van der Waals surface area contributed by atoms with Gasteiger partial charge < -0.3 is 0 Å². The zero-order valence-electron chi connectivity index (χ0n) is 22.8. The predicted molar refractivity (Wildman–Crippen MR) is 143 cm³/mol. The van der Waals surface area contributed by atoms with Crippen LogP contribution < -0.4 is 0 Å².